The molecule has 1 heterocycles. The molecule has 0 aliphatic rings. The van der Waals surface area contributed by atoms with Gasteiger partial charge in [-0.2, -0.15) is 5.26 Å². The van der Waals surface area contributed by atoms with Gasteiger partial charge in [0.25, 0.3) is 10.9 Å². The van der Waals surface area contributed by atoms with Crippen molar-refractivity contribution in [3.63, 3.8) is 0 Å². The summed E-state index contributed by atoms with van der Waals surface area (Å²) in [5.41, 5.74) is 2.55. The van der Waals surface area contributed by atoms with Gasteiger partial charge in [-0.15, -0.1) is 0 Å². The summed E-state index contributed by atoms with van der Waals surface area (Å²) in [6.07, 6.45) is 0. The van der Waals surface area contributed by atoms with Crippen LogP contribution in [0.4, 0.5) is 5.69 Å². The van der Waals surface area contributed by atoms with Crippen molar-refractivity contribution in [1.29, 1.82) is 5.26 Å². The van der Waals surface area contributed by atoms with E-state index in [4.69, 9.17) is 4.42 Å². The highest BCUT2D eigenvalue weighted by Crippen LogP contribution is 2.39. The summed E-state index contributed by atoms with van der Waals surface area (Å²) < 4.78 is 6.04. The molecule has 140 valence electrons. The van der Waals surface area contributed by atoms with Crippen molar-refractivity contribution in [1.82, 2.24) is 4.98 Å². The van der Waals surface area contributed by atoms with Crippen LogP contribution in [0.1, 0.15) is 5.56 Å². The molecule has 0 spiro atoms. The van der Waals surface area contributed by atoms with Gasteiger partial charge in [-0.05, 0) is 17.8 Å². The molecule has 0 N–H and O–H groups in total. The van der Waals surface area contributed by atoms with Crippen LogP contribution in [0.15, 0.2) is 93.4 Å². The zero-order valence-corrected chi connectivity index (χ0v) is 15.8. The number of nitrogens with zero attached hydrogens (tertiary/aromatic N) is 3. The third-order valence-corrected chi connectivity index (χ3v) is 5.11. The zero-order chi connectivity index (χ0) is 20.2. The van der Waals surface area contributed by atoms with Gasteiger partial charge in [0.15, 0.2) is 5.76 Å². The van der Waals surface area contributed by atoms with Crippen LogP contribution < -0.4 is 0 Å². The molecule has 6 nitrogen and oxygen atoms in total. The van der Waals surface area contributed by atoms with Crippen molar-refractivity contribution in [2.24, 2.45) is 0 Å². The Bertz CT molecular complexity index is 1160. The Morgan fingerprint density at radius 2 is 1.62 bits per heavy atom. The number of rotatable bonds is 5. The Morgan fingerprint density at radius 1 is 0.966 bits per heavy atom. The molecule has 4 rings (SSSR count). The third-order valence-electron chi connectivity index (χ3n) is 4.18. The van der Waals surface area contributed by atoms with Crippen LogP contribution in [-0.4, -0.2) is 9.91 Å². The minimum atomic E-state index is -0.526. The summed E-state index contributed by atoms with van der Waals surface area (Å²) in [7, 11) is 0. The first-order chi connectivity index (χ1) is 14.2. The molecule has 0 bridgehead atoms. The smallest absolute Gasteiger partial charge is 0.270 e. The molecule has 3 aromatic carbocycles. The standard InChI is InChI=1S/C22H13N3O3S/c23-14-17-13-18(25(26)27)11-12-19(17)29-22-24-20(15-7-3-1-4-8-15)21(28-22)16-9-5-2-6-10-16/h1-13H. The summed E-state index contributed by atoms with van der Waals surface area (Å²) >= 11 is 1.16. The third kappa shape index (κ3) is 3.88. The molecule has 1 aromatic heterocycles. The maximum atomic E-state index is 11.0. The van der Waals surface area contributed by atoms with Crippen LogP contribution >= 0.6 is 11.8 Å². The van der Waals surface area contributed by atoms with E-state index >= 15 is 0 Å². The summed E-state index contributed by atoms with van der Waals surface area (Å²) in [4.78, 5) is 15.6. The first kappa shape index (κ1) is 18.5. The lowest BCUT2D eigenvalue weighted by atomic mass is 10.1. The quantitative estimate of drug-likeness (QED) is 0.304. The van der Waals surface area contributed by atoms with Crippen LogP contribution in [0.5, 0.6) is 0 Å². The minimum absolute atomic E-state index is 0.131. The van der Waals surface area contributed by atoms with Gasteiger partial charge in [0.1, 0.15) is 11.8 Å². The number of nitriles is 1. The van der Waals surface area contributed by atoms with E-state index in [1.807, 2.05) is 66.7 Å². The monoisotopic (exact) mass is 399 g/mol. The van der Waals surface area contributed by atoms with E-state index in [-0.39, 0.29) is 11.3 Å². The zero-order valence-electron chi connectivity index (χ0n) is 15.0. The molecular weight excluding hydrogens is 386 g/mol. The fraction of sp³-hybridized carbons (Fsp3) is 0. The highest BCUT2D eigenvalue weighted by molar-refractivity contribution is 7.99. The van der Waals surface area contributed by atoms with Gasteiger partial charge in [0, 0.05) is 28.2 Å². The Balaban J connectivity index is 1.77. The molecule has 0 aliphatic heterocycles. The lowest BCUT2D eigenvalue weighted by Crippen LogP contribution is -1.90. The Hall–Kier alpha value is -3.89. The highest BCUT2D eigenvalue weighted by Gasteiger charge is 2.19. The second-order valence-electron chi connectivity index (χ2n) is 6.04. The van der Waals surface area contributed by atoms with E-state index < -0.39 is 4.92 Å². The molecule has 4 aromatic rings. The van der Waals surface area contributed by atoms with Crippen molar-refractivity contribution in [3.05, 3.63) is 94.5 Å². The van der Waals surface area contributed by atoms with Crippen molar-refractivity contribution in [2.45, 2.75) is 10.1 Å². The summed E-state index contributed by atoms with van der Waals surface area (Å²) in [5, 5.41) is 20.7. The van der Waals surface area contributed by atoms with Gasteiger partial charge < -0.3 is 4.42 Å². The second-order valence-corrected chi connectivity index (χ2v) is 7.03. The van der Waals surface area contributed by atoms with Crippen molar-refractivity contribution in [3.8, 4) is 28.7 Å². The Labute approximate surface area is 170 Å². The number of non-ortho nitro benzene ring substituents is 1. The molecule has 0 saturated carbocycles. The van der Waals surface area contributed by atoms with Gasteiger partial charge in [0.2, 0.25) is 0 Å². The van der Waals surface area contributed by atoms with Gasteiger partial charge >= 0.3 is 0 Å². The fourth-order valence-corrected chi connectivity index (χ4v) is 3.62. The van der Waals surface area contributed by atoms with Crippen molar-refractivity contribution in [2.75, 3.05) is 0 Å². The SMILES string of the molecule is N#Cc1cc([N+](=O)[O-])ccc1Sc1nc(-c2ccccc2)c(-c2ccccc2)o1. The molecule has 7 heteroatoms. The Kier molecular flexibility index (Phi) is 5.10. The van der Waals surface area contributed by atoms with Crippen LogP contribution in [0.2, 0.25) is 0 Å². The van der Waals surface area contributed by atoms with E-state index in [2.05, 4.69) is 4.98 Å². The lowest BCUT2D eigenvalue weighted by Gasteiger charge is -2.01. The predicted molar refractivity (Wildman–Crippen MR) is 109 cm³/mol. The molecule has 0 saturated heterocycles. The van der Waals surface area contributed by atoms with Gasteiger partial charge in [0.05, 0.1) is 10.5 Å². The van der Waals surface area contributed by atoms with E-state index in [1.54, 1.807) is 0 Å². The average Bonchev–Trinajstić information content (AvgIpc) is 3.19. The van der Waals surface area contributed by atoms with Crippen LogP contribution in [0.25, 0.3) is 22.6 Å². The minimum Gasteiger partial charge on any atom is -0.430 e. The van der Waals surface area contributed by atoms with E-state index in [9.17, 15) is 15.4 Å². The maximum absolute atomic E-state index is 11.0. The Morgan fingerprint density at radius 3 is 2.24 bits per heavy atom. The molecule has 0 amide bonds. The molecule has 0 aliphatic carbocycles. The van der Waals surface area contributed by atoms with Crippen molar-refractivity contribution >= 4 is 17.4 Å². The number of oxazole rings is 1. The highest BCUT2D eigenvalue weighted by atomic mass is 32.2. The predicted octanol–water partition coefficient (Wildman–Crippen LogP) is 5.94. The topological polar surface area (TPSA) is 93.0 Å². The maximum Gasteiger partial charge on any atom is 0.270 e. The van der Waals surface area contributed by atoms with Crippen LogP contribution in [-0.2, 0) is 0 Å². The van der Waals surface area contributed by atoms with Gasteiger partial charge in [-0.1, -0.05) is 60.7 Å². The number of hydrogen-bond acceptors (Lipinski definition) is 6. The first-order valence-electron chi connectivity index (χ1n) is 8.64. The summed E-state index contributed by atoms with van der Waals surface area (Å²) in [6, 6.07) is 25.5. The molecule has 0 atom stereocenters. The average molecular weight is 399 g/mol. The fourth-order valence-electron chi connectivity index (χ4n) is 2.82. The largest absolute Gasteiger partial charge is 0.430 e. The summed E-state index contributed by atoms with van der Waals surface area (Å²) in [6.45, 7) is 0. The molecule has 0 radical (unpaired) electrons. The van der Waals surface area contributed by atoms with E-state index in [0.717, 1.165) is 22.9 Å². The molecule has 0 unspecified atom stereocenters. The normalized spacial score (nSPS) is 10.4. The van der Waals surface area contributed by atoms with Crippen LogP contribution in [0.3, 0.4) is 0 Å². The number of benzene rings is 3. The number of nitro benzene ring substituents is 1. The van der Waals surface area contributed by atoms with Gasteiger partial charge in [-0.25, -0.2) is 4.98 Å². The van der Waals surface area contributed by atoms with E-state index in [1.165, 1.54) is 18.2 Å². The van der Waals surface area contributed by atoms with Crippen LogP contribution in [0, 0.1) is 21.4 Å². The molecule has 0 fully saturated rings. The van der Waals surface area contributed by atoms with Gasteiger partial charge in [-0.3, -0.25) is 10.1 Å². The second kappa shape index (κ2) is 8.00. The van der Waals surface area contributed by atoms with Crippen molar-refractivity contribution < 1.29 is 9.34 Å². The molecule has 29 heavy (non-hydrogen) atoms. The summed E-state index contributed by atoms with van der Waals surface area (Å²) in [5.74, 6) is 0.625. The van der Waals surface area contributed by atoms with E-state index in [0.29, 0.717) is 21.6 Å². The number of hydrogen-bond donors (Lipinski definition) is 0. The lowest BCUT2D eigenvalue weighted by molar-refractivity contribution is -0.384. The number of nitro groups is 1. The molecular formula is C22H13N3O3S. The first-order valence-corrected chi connectivity index (χ1v) is 9.45. The number of aromatic nitrogens is 1.